The lowest BCUT2D eigenvalue weighted by molar-refractivity contribution is -0.00419. The van der Waals surface area contributed by atoms with Gasteiger partial charge in [-0.3, -0.25) is 0 Å². The summed E-state index contributed by atoms with van der Waals surface area (Å²) in [6.45, 7) is 0.627. The van der Waals surface area contributed by atoms with Crippen molar-refractivity contribution in [3.05, 3.63) is 17.8 Å². The van der Waals surface area contributed by atoms with Gasteiger partial charge < -0.3 is 10.2 Å². The van der Waals surface area contributed by atoms with E-state index in [1.54, 1.807) is 0 Å². The summed E-state index contributed by atoms with van der Waals surface area (Å²) in [4.78, 5) is 4.70. The van der Waals surface area contributed by atoms with Crippen LogP contribution in [0.25, 0.3) is 0 Å². The van der Waals surface area contributed by atoms with Gasteiger partial charge in [0.25, 0.3) is 0 Å². The highest BCUT2D eigenvalue weighted by Crippen LogP contribution is 2.59. The molecule has 4 bridgehead atoms. The largest absolute Gasteiger partial charge is 0.449 e. The van der Waals surface area contributed by atoms with Crippen molar-refractivity contribution in [3.8, 4) is 0 Å². The summed E-state index contributed by atoms with van der Waals surface area (Å²) in [7, 11) is 0. The van der Waals surface area contributed by atoms with Gasteiger partial charge in [-0.2, -0.15) is 0 Å². The van der Waals surface area contributed by atoms with E-state index in [1.807, 2.05) is 6.26 Å². The molecule has 1 aromatic heterocycles. The zero-order valence-electron chi connectivity index (χ0n) is 10.8. The minimum absolute atomic E-state index is 0.627. The number of aromatic nitrogens is 1. The Morgan fingerprint density at radius 2 is 1.78 bits per heavy atom. The van der Waals surface area contributed by atoms with Gasteiger partial charge in [0.05, 0.1) is 5.69 Å². The van der Waals surface area contributed by atoms with Gasteiger partial charge in [0.15, 0.2) is 5.89 Å². The van der Waals surface area contributed by atoms with Crippen molar-refractivity contribution in [1.82, 2.24) is 4.98 Å². The molecule has 0 spiro atoms. The Kier molecular flexibility index (Phi) is 2.51. The number of hydrogen-bond donors (Lipinski definition) is 1. The summed E-state index contributed by atoms with van der Waals surface area (Å²) >= 11 is 0. The van der Waals surface area contributed by atoms with E-state index in [0.29, 0.717) is 12.5 Å². The highest BCUT2D eigenvalue weighted by atomic mass is 16.3. The van der Waals surface area contributed by atoms with Crippen LogP contribution < -0.4 is 5.73 Å². The molecule has 0 atom stereocenters. The van der Waals surface area contributed by atoms with Crippen molar-refractivity contribution in [2.24, 2.45) is 29.4 Å². The van der Waals surface area contributed by atoms with Crippen LogP contribution in [0.4, 0.5) is 0 Å². The van der Waals surface area contributed by atoms with Crippen molar-refractivity contribution in [2.75, 3.05) is 6.54 Å². The molecule has 98 valence electrons. The molecule has 0 unspecified atom stereocenters. The smallest absolute Gasteiger partial charge is 0.195 e. The molecular formula is C15H22N2O. The normalized spacial score (nSPS) is 41.5. The van der Waals surface area contributed by atoms with Crippen LogP contribution in [0.3, 0.4) is 0 Å². The third kappa shape index (κ3) is 1.63. The molecule has 0 radical (unpaired) electrons. The molecule has 0 aromatic carbocycles. The summed E-state index contributed by atoms with van der Waals surface area (Å²) in [5, 5.41) is 0. The molecule has 2 N–H and O–H groups in total. The second kappa shape index (κ2) is 4.09. The molecule has 0 saturated heterocycles. The van der Waals surface area contributed by atoms with E-state index >= 15 is 0 Å². The first-order chi connectivity index (χ1) is 8.83. The number of oxazole rings is 1. The van der Waals surface area contributed by atoms with Crippen LogP contribution in [-0.2, 0) is 6.42 Å². The molecule has 0 aliphatic heterocycles. The fraction of sp³-hybridized carbons (Fsp3) is 0.800. The van der Waals surface area contributed by atoms with Gasteiger partial charge in [0.1, 0.15) is 6.26 Å². The molecule has 3 heteroatoms. The van der Waals surface area contributed by atoms with Crippen LogP contribution in [0.1, 0.15) is 49.6 Å². The molecular weight excluding hydrogens is 224 g/mol. The second-order valence-electron chi connectivity index (χ2n) is 6.66. The predicted molar refractivity (Wildman–Crippen MR) is 69.0 cm³/mol. The summed E-state index contributed by atoms with van der Waals surface area (Å²) in [5.41, 5.74) is 6.79. The number of nitrogens with two attached hydrogens (primary N) is 1. The third-order valence-corrected chi connectivity index (χ3v) is 5.50. The van der Waals surface area contributed by atoms with Gasteiger partial charge in [-0.15, -0.1) is 0 Å². The van der Waals surface area contributed by atoms with E-state index in [1.165, 1.54) is 37.8 Å². The van der Waals surface area contributed by atoms with Gasteiger partial charge in [-0.25, -0.2) is 4.98 Å². The molecule has 4 aliphatic rings. The molecule has 5 rings (SSSR count). The highest BCUT2D eigenvalue weighted by Gasteiger charge is 2.49. The predicted octanol–water partition coefficient (Wildman–Crippen LogP) is 2.72. The molecule has 0 amide bonds. The molecule has 18 heavy (non-hydrogen) atoms. The first kappa shape index (κ1) is 11.0. The zero-order chi connectivity index (χ0) is 12.1. The van der Waals surface area contributed by atoms with Crippen molar-refractivity contribution in [2.45, 2.75) is 44.4 Å². The average molecular weight is 246 g/mol. The quantitative estimate of drug-likeness (QED) is 0.892. The first-order valence-electron chi connectivity index (χ1n) is 7.48. The first-order valence-corrected chi connectivity index (χ1v) is 7.48. The van der Waals surface area contributed by atoms with Gasteiger partial charge in [-0.05, 0) is 55.8 Å². The lowest BCUT2D eigenvalue weighted by Crippen LogP contribution is -2.43. The Hall–Kier alpha value is -0.830. The van der Waals surface area contributed by atoms with E-state index in [0.717, 1.165) is 36.0 Å². The summed E-state index contributed by atoms with van der Waals surface area (Å²) in [6.07, 6.45) is 9.96. The van der Waals surface area contributed by atoms with Crippen molar-refractivity contribution >= 4 is 0 Å². The minimum Gasteiger partial charge on any atom is -0.449 e. The lowest BCUT2D eigenvalue weighted by Gasteiger charge is -2.53. The van der Waals surface area contributed by atoms with Crippen LogP contribution in [0.2, 0.25) is 0 Å². The van der Waals surface area contributed by atoms with Crippen LogP contribution in [0.15, 0.2) is 10.7 Å². The van der Waals surface area contributed by atoms with Crippen LogP contribution in [0.5, 0.6) is 0 Å². The lowest BCUT2D eigenvalue weighted by atomic mass is 9.51. The van der Waals surface area contributed by atoms with Gasteiger partial charge in [0.2, 0.25) is 0 Å². The Morgan fingerprint density at radius 1 is 1.11 bits per heavy atom. The van der Waals surface area contributed by atoms with E-state index < -0.39 is 0 Å². The Balaban J connectivity index is 1.60. The van der Waals surface area contributed by atoms with Gasteiger partial charge >= 0.3 is 0 Å². The molecule has 4 fully saturated rings. The molecule has 4 saturated carbocycles. The summed E-state index contributed by atoms with van der Waals surface area (Å²) in [6, 6.07) is 0. The van der Waals surface area contributed by atoms with Gasteiger partial charge in [-0.1, -0.05) is 0 Å². The Bertz CT molecular complexity index is 411. The third-order valence-electron chi connectivity index (χ3n) is 5.50. The fourth-order valence-electron chi connectivity index (χ4n) is 5.12. The van der Waals surface area contributed by atoms with Crippen molar-refractivity contribution < 1.29 is 4.42 Å². The maximum absolute atomic E-state index is 5.57. The number of rotatable bonds is 3. The second-order valence-corrected chi connectivity index (χ2v) is 6.66. The van der Waals surface area contributed by atoms with Crippen LogP contribution in [-0.4, -0.2) is 11.5 Å². The fourth-order valence-corrected chi connectivity index (χ4v) is 5.12. The number of nitrogens with zero attached hydrogens (tertiary/aromatic N) is 1. The topological polar surface area (TPSA) is 52.0 Å². The van der Waals surface area contributed by atoms with Crippen LogP contribution in [0, 0.1) is 23.7 Å². The van der Waals surface area contributed by atoms with E-state index in [4.69, 9.17) is 15.1 Å². The van der Waals surface area contributed by atoms with Gasteiger partial charge in [0, 0.05) is 18.9 Å². The SMILES string of the molecule is NCCc1nc(C2C3CC4CC(C3)CC2C4)co1. The van der Waals surface area contributed by atoms with Crippen LogP contribution >= 0.6 is 0 Å². The van der Waals surface area contributed by atoms with Crippen molar-refractivity contribution in [3.63, 3.8) is 0 Å². The molecule has 4 aliphatic carbocycles. The average Bonchev–Trinajstić information content (AvgIpc) is 2.76. The number of hydrogen-bond acceptors (Lipinski definition) is 3. The Labute approximate surface area is 108 Å². The maximum atomic E-state index is 5.57. The maximum Gasteiger partial charge on any atom is 0.195 e. The zero-order valence-corrected chi connectivity index (χ0v) is 10.8. The highest BCUT2D eigenvalue weighted by molar-refractivity contribution is 5.14. The van der Waals surface area contributed by atoms with E-state index in [9.17, 15) is 0 Å². The molecule has 3 nitrogen and oxygen atoms in total. The summed E-state index contributed by atoms with van der Waals surface area (Å²) in [5.74, 6) is 5.35. The summed E-state index contributed by atoms with van der Waals surface area (Å²) < 4.78 is 5.57. The monoisotopic (exact) mass is 246 g/mol. The minimum atomic E-state index is 0.627. The standard InChI is InChI=1S/C15H22N2O/c16-2-1-14-17-13(8-18-14)15-11-4-9-3-10(6-11)7-12(15)5-9/h8-12,15H,1-7,16H2. The van der Waals surface area contributed by atoms with Crippen molar-refractivity contribution in [1.29, 1.82) is 0 Å². The van der Waals surface area contributed by atoms with E-state index in [-0.39, 0.29) is 0 Å². The van der Waals surface area contributed by atoms with E-state index in [2.05, 4.69) is 0 Å². The Morgan fingerprint density at radius 3 is 2.39 bits per heavy atom. The molecule has 1 heterocycles. The molecule has 1 aromatic rings.